The molecule has 0 aliphatic rings. The number of nitrogens with zero attached hydrogens (tertiary/aromatic N) is 1. The zero-order valence-corrected chi connectivity index (χ0v) is 10.9. The van der Waals surface area contributed by atoms with E-state index in [0.29, 0.717) is 27.6 Å². The van der Waals surface area contributed by atoms with Crippen LogP contribution in [-0.4, -0.2) is 4.98 Å². The highest BCUT2D eigenvalue weighted by Crippen LogP contribution is 2.24. The highest BCUT2D eigenvalue weighted by atomic mass is 35.5. The molecule has 1 heterocycles. The fourth-order valence-corrected chi connectivity index (χ4v) is 1.99. The molecule has 1 aromatic heterocycles. The fourth-order valence-electron chi connectivity index (χ4n) is 1.30. The maximum Gasteiger partial charge on any atom is 0.130 e. The van der Waals surface area contributed by atoms with Gasteiger partial charge in [-0.15, -0.1) is 0 Å². The van der Waals surface area contributed by atoms with Crippen molar-refractivity contribution in [3.05, 3.63) is 57.3 Å². The molecule has 0 radical (unpaired) electrons. The van der Waals surface area contributed by atoms with E-state index in [1.165, 1.54) is 0 Å². The van der Waals surface area contributed by atoms with Gasteiger partial charge < -0.3 is 4.74 Å². The molecule has 0 aliphatic heterocycles. The van der Waals surface area contributed by atoms with Crippen LogP contribution in [0.1, 0.15) is 5.69 Å². The molecule has 0 aliphatic carbocycles. The number of hydrogen-bond donors (Lipinski definition) is 0. The van der Waals surface area contributed by atoms with Gasteiger partial charge in [-0.2, -0.15) is 0 Å². The summed E-state index contributed by atoms with van der Waals surface area (Å²) in [5.41, 5.74) is 0.744. The molecule has 0 spiro atoms. The lowest BCUT2D eigenvalue weighted by atomic mass is 10.3. The van der Waals surface area contributed by atoms with Gasteiger partial charge in [0.05, 0.1) is 5.69 Å². The summed E-state index contributed by atoms with van der Waals surface area (Å²) in [5, 5.41) is 1.51. The molecule has 17 heavy (non-hydrogen) atoms. The molecular weight excluding hydrogens is 280 g/mol. The average Bonchev–Trinajstić information content (AvgIpc) is 2.25. The first-order valence-electron chi connectivity index (χ1n) is 4.84. The first-order valence-corrected chi connectivity index (χ1v) is 5.97. The summed E-state index contributed by atoms with van der Waals surface area (Å²) in [6.07, 6.45) is 0. The quantitative estimate of drug-likeness (QED) is 0.769. The Hall–Kier alpha value is -0.960. The summed E-state index contributed by atoms with van der Waals surface area (Å²) < 4.78 is 5.52. The molecule has 5 heteroatoms. The van der Waals surface area contributed by atoms with Gasteiger partial charge in [0.1, 0.15) is 17.5 Å². The zero-order valence-electron chi connectivity index (χ0n) is 8.66. The molecule has 1 aromatic carbocycles. The van der Waals surface area contributed by atoms with Crippen molar-refractivity contribution in [2.24, 2.45) is 0 Å². The van der Waals surface area contributed by atoms with E-state index in [2.05, 4.69) is 4.98 Å². The van der Waals surface area contributed by atoms with Crippen LogP contribution in [0.2, 0.25) is 15.2 Å². The third kappa shape index (κ3) is 3.77. The smallest absolute Gasteiger partial charge is 0.130 e. The molecule has 2 rings (SSSR count). The number of halogens is 3. The second-order valence-corrected chi connectivity index (χ2v) is 4.61. The van der Waals surface area contributed by atoms with E-state index >= 15 is 0 Å². The SMILES string of the molecule is Clc1cc(Cl)cc(OCc2cccc(Cl)n2)c1. The Kier molecular flexibility index (Phi) is 4.11. The van der Waals surface area contributed by atoms with Crippen molar-refractivity contribution in [3.63, 3.8) is 0 Å². The Labute approximate surface area is 114 Å². The lowest BCUT2D eigenvalue weighted by molar-refractivity contribution is 0.301. The van der Waals surface area contributed by atoms with E-state index in [1.54, 1.807) is 24.3 Å². The van der Waals surface area contributed by atoms with E-state index in [0.717, 1.165) is 5.69 Å². The molecule has 0 amide bonds. The summed E-state index contributed by atoms with van der Waals surface area (Å²) in [4.78, 5) is 4.11. The van der Waals surface area contributed by atoms with Gasteiger partial charge in [0, 0.05) is 10.0 Å². The highest BCUT2D eigenvalue weighted by Gasteiger charge is 2.01. The summed E-state index contributed by atoms with van der Waals surface area (Å²) in [6, 6.07) is 10.4. The van der Waals surface area contributed by atoms with Gasteiger partial charge in [0.15, 0.2) is 0 Å². The van der Waals surface area contributed by atoms with Crippen LogP contribution in [0.3, 0.4) is 0 Å². The van der Waals surface area contributed by atoms with E-state index in [9.17, 15) is 0 Å². The minimum absolute atomic E-state index is 0.317. The van der Waals surface area contributed by atoms with Crippen LogP contribution in [-0.2, 0) is 6.61 Å². The van der Waals surface area contributed by atoms with Crippen LogP contribution >= 0.6 is 34.8 Å². The molecule has 0 bridgehead atoms. The second kappa shape index (κ2) is 5.58. The molecule has 0 N–H and O–H groups in total. The summed E-state index contributed by atoms with van der Waals surface area (Å²) in [6.45, 7) is 0.317. The summed E-state index contributed by atoms with van der Waals surface area (Å²) in [7, 11) is 0. The first kappa shape index (κ1) is 12.5. The van der Waals surface area contributed by atoms with Gasteiger partial charge in [-0.25, -0.2) is 4.98 Å². The zero-order chi connectivity index (χ0) is 12.3. The van der Waals surface area contributed by atoms with Gasteiger partial charge >= 0.3 is 0 Å². The lowest BCUT2D eigenvalue weighted by Crippen LogP contribution is -1.98. The molecule has 0 saturated heterocycles. The minimum atomic E-state index is 0.317. The van der Waals surface area contributed by atoms with Crippen molar-refractivity contribution in [1.82, 2.24) is 4.98 Å². The van der Waals surface area contributed by atoms with Crippen molar-refractivity contribution < 1.29 is 4.74 Å². The maximum absolute atomic E-state index is 5.86. The van der Waals surface area contributed by atoms with Crippen molar-refractivity contribution in [3.8, 4) is 5.75 Å². The standard InChI is InChI=1S/C12H8Cl3NO/c13-8-4-9(14)6-11(5-8)17-7-10-2-1-3-12(15)16-10/h1-6H,7H2. The highest BCUT2D eigenvalue weighted by molar-refractivity contribution is 6.34. The van der Waals surface area contributed by atoms with Gasteiger partial charge in [-0.05, 0) is 30.3 Å². The maximum atomic E-state index is 5.86. The third-order valence-electron chi connectivity index (χ3n) is 2.00. The Morgan fingerprint density at radius 1 is 1.00 bits per heavy atom. The van der Waals surface area contributed by atoms with Crippen LogP contribution in [0, 0.1) is 0 Å². The van der Waals surface area contributed by atoms with E-state index in [-0.39, 0.29) is 0 Å². The van der Waals surface area contributed by atoms with Crippen LogP contribution in [0.5, 0.6) is 5.75 Å². The number of ether oxygens (including phenoxy) is 1. The van der Waals surface area contributed by atoms with Gasteiger partial charge in [0.25, 0.3) is 0 Å². The van der Waals surface area contributed by atoms with Crippen LogP contribution in [0.15, 0.2) is 36.4 Å². The van der Waals surface area contributed by atoms with Gasteiger partial charge in [-0.3, -0.25) is 0 Å². The molecule has 2 nitrogen and oxygen atoms in total. The second-order valence-electron chi connectivity index (χ2n) is 3.35. The molecular formula is C12H8Cl3NO. The molecule has 0 saturated carbocycles. The van der Waals surface area contributed by atoms with Crippen molar-refractivity contribution in [2.45, 2.75) is 6.61 Å². The lowest BCUT2D eigenvalue weighted by Gasteiger charge is -2.06. The van der Waals surface area contributed by atoms with Gasteiger partial charge in [-0.1, -0.05) is 40.9 Å². The number of rotatable bonds is 3. The molecule has 2 aromatic rings. The van der Waals surface area contributed by atoms with E-state index < -0.39 is 0 Å². The van der Waals surface area contributed by atoms with Crippen LogP contribution in [0.4, 0.5) is 0 Å². The van der Waals surface area contributed by atoms with Crippen LogP contribution < -0.4 is 4.74 Å². The Balaban J connectivity index is 2.07. The fraction of sp³-hybridized carbons (Fsp3) is 0.0833. The number of aromatic nitrogens is 1. The van der Waals surface area contributed by atoms with Crippen LogP contribution in [0.25, 0.3) is 0 Å². The number of benzene rings is 1. The Morgan fingerprint density at radius 3 is 2.35 bits per heavy atom. The number of hydrogen-bond acceptors (Lipinski definition) is 2. The average molecular weight is 289 g/mol. The largest absolute Gasteiger partial charge is 0.487 e. The predicted octanol–water partition coefficient (Wildman–Crippen LogP) is 4.62. The predicted molar refractivity (Wildman–Crippen MR) is 70.0 cm³/mol. The summed E-state index contributed by atoms with van der Waals surface area (Å²) in [5.74, 6) is 0.601. The Morgan fingerprint density at radius 2 is 1.71 bits per heavy atom. The van der Waals surface area contributed by atoms with E-state index in [1.807, 2.05) is 12.1 Å². The monoisotopic (exact) mass is 287 g/mol. The van der Waals surface area contributed by atoms with Crippen molar-refractivity contribution in [2.75, 3.05) is 0 Å². The summed E-state index contributed by atoms with van der Waals surface area (Å²) >= 11 is 17.5. The number of pyridine rings is 1. The minimum Gasteiger partial charge on any atom is -0.487 e. The molecule has 0 unspecified atom stereocenters. The van der Waals surface area contributed by atoms with Crippen molar-refractivity contribution in [1.29, 1.82) is 0 Å². The molecule has 0 fully saturated rings. The van der Waals surface area contributed by atoms with Gasteiger partial charge in [0.2, 0.25) is 0 Å². The third-order valence-corrected chi connectivity index (χ3v) is 2.64. The normalized spacial score (nSPS) is 10.3. The first-order chi connectivity index (χ1) is 8.13. The molecule has 0 atom stereocenters. The topological polar surface area (TPSA) is 22.1 Å². The van der Waals surface area contributed by atoms with E-state index in [4.69, 9.17) is 39.5 Å². The van der Waals surface area contributed by atoms with Crippen molar-refractivity contribution >= 4 is 34.8 Å². The Bertz CT molecular complexity index is 511. The molecule has 88 valence electrons.